The lowest BCUT2D eigenvalue weighted by Crippen LogP contribution is -2.37. The van der Waals surface area contributed by atoms with Gasteiger partial charge in [-0.3, -0.25) is 9.59 Å². The molecule has 0 aliphatic carbocycles. The van der Waals surface area contributed by atoms with Crippen molar-refractivity contribution in [3.8, 4) is 5.75 Å². The summed E-state index contributed by atoms with van der Waals surface area (Å²) in [5.74, 6) is 0.206. The van der Waals surface area contributed by atoms with Crippen molar-refractivity contribution in [2.45, 2.75) is 30.1 Å². The molecule has 3 unspecified atom stereocenters. The summed E-state index contributed by atoms with van der Waals surface area (Å²) in [6, 6.07) is 13.6. The van der Waals surface area contributed by atoms with Crippen LogP contribution in [-0.4, -0.2) is 63.6 Å². The second-order valence-electron chi connectivity index (χ2n) is 8.57. The minimum Gasteiger partial charge on any atom is -0.497 e. The van der Waals surface area contributed by atoms with Crippen LogP contribution < -0.4 is 15.4 Å². The molecule has 0 radical (unpaired) electrons. The monoisotopic (exact) mass is 499 g/mol. The summed E-state index contributed by atoms with van der Waals surface area (Å²) in [5, 5.41) is 5.55. The molecule has 10 heteroatoms. The number of rotatable bonds is 9. The molecule has 2 aliphatic heterocycles. The average molecular weight is 500 g/mol. The van der Waals surface area contributed by atoms with E-state index in [1.165, 1.54) is 34.6 Å². The highest BCUT2D eigenvalue weighted by atomic mass is 32.2. The molecular formula is C25H29N3O6S. The molecule has 3 atom stereocenters. The first-order valence-electron chi connectivity index (χ1n) is 11.4. The number of nitrogens with one attached hydrogen (secondary N) is 2. The summed E-state index contributed by atoms with van der Waals surface area (Å²) in [5.41, 5.74) is 1.46. The van der Waals surface area contributed by atoms with Crippen LogP contribution in [0.25, 0.3) is 0 Å². The molecule has 2 aliphatic rings. The number of carbonyl (C=O) groups excluding carboxylic acids is 2. The SMILES string of the molecule is C=CC(=O)NC1CC2CN(S(=O)(=O)c3ccc(C(=O)NCCc4ccc(OC)cc4)cc3)CC2O1. The molecule has 2 N–H and O–H groups in total. The maximum atomic E-state index is 13.1. The fraction of sp³-hybridized carbons (Fsp3) is 0.360. The highest BCUT2D eigenvalue weighted by Gasteiger charge is 2.46. The number of carbonyl (C=O) groups is 2. The number of ether oxygens (including phenoxy) is 2. The van der Waals surface area contributed by atoms with Crippen molar-refractivity contribution < 1.29 is 27.5 Å². The molecule has 0 aromatic heterocycles. The van der Waals surface area contributed by atoms with Gasteiger partial charge in [-0.05, 0) is 60.9 Å². The Morgan fingerprint density at radius 3 is 2.49 bits per heavy atom. The van der Waals surface area contributed by atoms with Crippen LogP contribution >= 0.6 is 0 Å². The highest BCUT2D eigenvalue weighted by molar-refractivity contribution is 7.89. The minimum absolute atomic E-state index is 0.00985. The second-order valence-corrected chi connectivity index (χ2v) is 10.5. The van der Waals surface area contributed by atoms with Crippen molar-refractivity contribution in [2.24, 2.45) is 5.92 Å². The third-order valence-electron chi connectivity index (χ3n) is 6.30. The largest absolute Gasteiger partial charge is 0.497 e. The van der Waals surface area contributed by atoms with Crippen LogP contribution in [0.1, 0.15) is 22.3 Å². The Hall–Kier alpha value is -3.21. The van der Waals surface area contributed by atoms with Gasteiger partial charge in [0.15, 0.2) is 0 Å². The number of sulfonamides is 1. The Balaban J connectivity index is 1.29. The molecule has 0 bridgehead atoms. The molecule has 2 heterocycles. The zero-order valence-electron chi connectivity index (χ0n) is 19.5. The van der Waals surface area contributed by atoms with Crippen molar-refractivity contribution >= 4 is 21.8 Å². The van der Waals surface area contributed by atoms with Crippen molar-refractivity contribution in [2.75, 3.05) is 26.7 Å². The Labute approximate surface area is 205 Å². The molecule has 0 saturated carbocycles. The number of hydrogen-bond acceptors (Lipinski definition) is 6. The van der Waals surface area contributed by atoms with E-state index in [9.17, 15) is 18.0 Å². The molecule has 4 rings (SSSR count). The Morgan fingerprint density at radius 1 is 1.14 bits per heavy atom. The van der Waals surface area contributed by atoms with E-state index in [1.54, 1.807) is 7.11 Å². The van der Waals surface area contributed by atoms with E-state index in [0.29, 0.717) is 31.5 Å². The molecule has 9 nitrogen and oxygen atoms in total. The highest BCUT2D eigenvalue weighted by Crippen LogP contribution is 2.34. The molecule has 2 fully saturated rings. The molecule has 2 amide bonds. The minimum atomic E-state index is -3.72. The van der Waals surface area contributed by atoms with Crippen molar-refractivity contribution in [1.29, 1.82) is 0 Å². The summed E-state index contributed by atoms with van der Waals surface area (Å²) in [6.45, 7) is 4.42. The van der Waals surface area contributed by atoms with E-state index >= 15 is 0 Å². The first-order chi connectivity index (χ1) is 16.8. The van der Waals surface area contributed by atoms with Gasteiger partial charge in [0.1, 0.15) is 12.0 Å². The number of nitrogens with zero attached hydrogens (tertiary/aromatic N) is 1. The standard InChI is InChI=1S/C25H29N3O6S/c1-3-23(29)27-24-14-19-15-28(16-22(19)34-24)35(31,32)21-10-6-18(7-11-21)25(30)26-13-12-17-4-8-20(33-2)9-5-17/h3-11,19,22,24H,1,12-16H2,2H3,(H,26,30)(H,27,29). The van der Waals surface area contributed by atoms with E-state index in [4.69, 9.17) is 9.47 Å². The van der Waals surface area contributed by atoms with Crippen molar-refractivity contribution in [1.82, 2.24) is 14.9 Å². The molecule has 2 aromatic rings. The van der Waals surface area contributed by atoms with Gasteiger partial charge < -0.3 is 20.1 Å². The molecule has 2 aromatic carbocycles. The van der Waals surface area contributed by atoms with Gasteiger partial charge in [0, 0.05) is 31.1 Å². The third-order valence-corrected chi connectivity index (χ3v) is 8.15. The molecule has 35 heavy (non-hydrogen) atoms. The number of hydrogen-bond donors (Lipinski definition) is 2. The predicted molar refractivity (Wildman–Crippen MR) is 129 cm³/mol. The lowest BCUT2D eigenvalue weighted by Gasteiger charge is -2.19. The lowest BCUT2D eigenvalue weighted by molar-refractivity contribution is -0.120. The average Bonchev–Trinajstić information content (AvgIpc) is 3.43. The number of fused-ring (bicyclic) bond motifs is 1. The van der Waals surface area contributed by atoms with Gasteiger partial charge in [0.05, 0.1) is 18.1 Å². The van der Waals surface area contributed by atoms with Gasteiger partial charge in [0.2, 0.25) is 15.9 Å². The van der Waals surface area contributed by atoms with Gasteiger partial charge >= 0.3 is 0 Å². The zero-order chi connectivity index (χ0) is 25.0. The maximum Gasteiger partial charge on any atom is 0.251 e. The third kappa shape index (κ3) is 5.72. The lowest BCUT2D eigenvalue weighted by atomic mass is 10.1. The van der Waals surface area contributed by atoms with E-state index < -0.39 is 16.3 Å². The molecule has 0 spiro atoms. The Kier molecular flexibility index (Phi) is 7.54. The summed E-state index contributed by atoms with van der Waals surface area (Å²) in [4.78, 5) is 24.1. The van der Waals surface area contributed by atoms with Crippen molar-refractivity contribution in [3.05, 3.63) is 72.3 Å². The summed E-state index contributed by atoms with van der Waals surface area (Å²) in [6.07, 6.45) is 1.70. The predicted octanol–water partition coefficient (Wildman–Crippen LogP) is 1.71. The summed E-state index contributed by atoms with van der Waals surface area (Å²) < 4.78 is 38.6. The topological polar surface area (TPSA) is 114 Å². The first-order valence-corrected chi connectivity index (χ1v) is 12.8. The summed E-state index contributed by atoms with van der Waals surface area (Å²) >= 11 is 0. The fourth-order valence-corrected chi connectivity index (χ4v) is 5.88. The first kappa shape index (κ1) is 24.9. The van der Waals surface area contributed by atoms with Gasteiger partial charge in [0.25, 0.3) is 5.91 Å². The quantitative estimate of drug-likeness (QED) is 0.508. The van der Waals surface area contributed by atoms with E-state index in [-0.39, 0.29) is 35.3 Å². The van der Waals surface area contributed by atoms with Gasteiger partial charge in [-0.1, -0.05) is 18.7 Å². The van der Waals surface area contributed by atoms with E-state index in [1.807, 2.05) is 24.3 Å². The second kappa shape index (κ2) is 10.6. The van der Waals surface area contributed by atoms with Crippen LogP contribution in [0, 0.1) is 5.92 Å². The maximum absolute atomic E-state index is 13.1. The Morgan fingerprint density at radius 2 is 1.86 bits per heavy atom. The van der Waals surface area contributed by atoms with E-state index in [0.717, 1.165) is 11.3 Å². The molecule has 2 saturated heterocycles. The molecular weight excluding hydrogens is 470 g/mol. The van der Waals surface area contributed by atoms with Gasteiger partial charge in [-0.2, -0.15) is 4.31 Å². The van der Waals surface area contributed by atoms with Crippen LogP contribution in [0.5, 0.6) is 5.75 Å². The zero-order valence-corrected chi connectivity index (χ0v) is 20.3. The molecule has 186 valence electrons. The van der Waals surface area contributed by atoms with Crippen LogP contribution in [-0.2, 0) is 26.0 Å². The fourth-order valence-electron chi connectivity index (χ4n) is 4.37. The number of methoxy groups -OCH3 is 1. The van der Waals surface area contributed by atoms with Crippen LogP contribution in [0.4, 0.5) is 0 Å². The number of amides is 2. The Bertz CT molecular complexity index is 1170. The van der Waals surface area contributed by atoms with Crippen LogP contribution in [0.15, 0.2) is 66.1 Å². The number of benzene rings is 2. The van der Waals surface area contributed by atoms with Gasteiger partial charge in [-0.25, -0.2) is 8.42 Å². The normalized spacial score (nSPS) is 21.8. The summed E-state index contributed by atoms with van der Waals surface area (Å²) in [7, 11) is -2.11. The smallest absolute Gasteiger partial charge is 0.251 e. The van der Waals surface area contributed by atoms with E-state index in [2.05, 4.69) is 17.2 Å². The van der Waals surface area contributed by atoms with Crippen LogP contribution in [0.2, 0.25) is 0 Å². The van der Waals surface area contributed by atoms with Crippen molar-refractivity contribution in [3.63, 3.8) is 0 Å². The van der Waals surface area contributed by atoms with Crippen LogP contribution in [0.3, 0.4) is 0 Å². The van der Waals surface area contributed by atoms with Gasteiger partial charge in [-0.15, -0.1) is 0 Å².